The van der Waals surface area contributed by atoms with Crippen LogP contribution in [-0.2, 0) is 16.1 Å². The Balaban J connectivity index is 2.15. The number of benzene rings is 2. The van der Waals surface area contributed by atoms with Crippen LogP contribution in [0.2, 0.25) is 10.0 Å². The lowest BCUT2D eigenvalue weighted by molar-refractivity contribution is -0.142. The molecule has 0 bridgehead atoms. The summed E-state index contributed by atoms with van der Waals surface area (Å²) in [5, 5.41) is 3.63. The zero-order chi connectivity index (χ0) is 21.4. The van der Waals surface area contributed by atoms with Crippen LogP contribution in [0.25, 0.3) is 0 Å². The minimum Gasteiger partial charge on any atom is -0.482 e. The average Bonchev–Trinajstić information content (AvgIpc) is 2.69. The molecular weight excluding hydrogens is 479 g/mol. The summed E-state index contributed by atoms with van der Waals surface area (Å²) in [6.07, 6.45) is 0.816. The van der Waals surface area contributed by atoms with Gasteiger partial charge in [-0.15, -0.1) is 0 Å². The first-order valence-corrected chi connectivity index (χ1v) is 10.8. The number of rotatable bonds is 9. The number of carbonyl (C=O) groups is 2. The van der Waals surface area contributed by atoms with E-state index in [1.807, 2.05) is 31.2 Å². The minimum atomic E-state index is -0.655. The van der Waals surface area contributed by atoms with Crippen LogP contribution in [0.3, 0.4) is 0 Å². The smallest absolute Gasteiger partial charge is 0.261 e. The van der Waals surface area contributed by atoms with Gasteiger partial charge in [-0.1, -0.05) is 58.2 Å². The van der Waals surface area contributed by atoms with E-state index in [-0.39, 0.29) is 25.0 Å². The van der Waals surface area contributed by atoms with Crippen molar-refractivity contribution in [2.45, 2.75) is 32.9 Å². The van der Waals surface area contributed by atoms with Gasteiger partial charge in [0.2, 0.25) is 5.91 Å². The van der Waals surface area contributed by atoms with Crippen LogP contribution in [0.15, 0.2) is 46.9 Å². The number of nitrogens with one attached hydrogen (secondary N) is 1. The van der Waals surface area contributed by atoms with E-state index in [2.05, 4.69) is 21.2 Å². The van der Waals surface area contributed by atoms with Crippen LogP contribution < -0.4 is 10.1 Å². The standard InChI is InChI=1S/C21H23BrCl2N2O3/c1-3-9-25-21(28)14(2)26(12-15-5-4-6-16(22)10-15)20(27)13-29-19-8-7-17(23)11-18(19)24/h4-8,10-11,14H,3,9,12-13H2,1-2H3,(H,25,28). The normalized spacial score (nSPS) is 11.6. The topological polar surface area (TPSA) is 58.6 Å². The van der Waals surface area contributed by atoms with Gasteiger partial charge in [0.25, 0.3) is 5.91 Å². The number of nitrogens with zero attached hydrogens (tertiary/aromatic N) is 1. The predicted octanol–water partition coefficient (Wildman–Crippen LogP) is 5.08. The Kier molecular flexibility index (Phi) is 9.27. The van der Waals surface area contributed by atoms with Gasteiger partial charge in [-0.2, -0.15) is 0 Å². The van der Waals surface area contributed by atoms with E-state index in [1.54, 1.807) is 25.1 Å². The van der Waals surface area contributed by atoms with Crippen molar-refractivity contribution in [1.82, 2.24) is 10.2 Å². The molecule has 2 aromatic carbocycles. The fourth-order valence-electron chi connectivity index (χ4n) is 2.63. The van der Waals surface area contributed by atoms with Crippen molar-refractivity contribution >= 4 is 50.9 Å². The number of halogens is 3. The first-order chi connectivity index (χ1) is 13.8. The monoisotopic (exact) mass is 500 g/mol. The van der Waals surface area contributed by atoms with Crippen LogP contribution in [0.1, 0.15) is 25.8 Å². The Bertz CT molecular complexity index is 864. The highest BCUT2D eigenvalue weighted by atomic mass is 79.9. The molecule has 0 aromatic heterocycles. The highest BCUT2D eigenvalue weighted by Crippen LogP contribution is 2.27. The zero-order valence-electron chi connectivity index (χ0n) is 16.3. The Labute approximate surface area is 189 Å². The maximum Gasteiger partial charge on any atom is 0.261 e. The largest absolute Gasteiger partial charge is 0.482 e. The number of carbonyl (C=O) groups excluding carboxylic acids is 2. The quantitative estimate of drug-likeness (QED) is 0.521. The van der Waals surface area contributed by atoms with Crippen molar-refractivity contribution in [3.63, 3.8) is 0 Å². The summed E-state index contributed by atoms with van der Waals surface area (Å²) in [5.41, 5.74) is 0.896. The molecule has 5 nitrogen and oxygen atoms in total. The number of amides is 2. The van der Waals surface area contributed by atoms with Crippen molar-refractivity contribution in [3.8, 4) is 5.75 Å². The number of hydrogen-bond acceptors (Lipinski definition) is 3. The molecule has 0 aliphatic carbocycles. The van der Waals surface area contributed by atoms with Crippen molar-refractivity contribution in [2.24, 2.45) is 0 Å². The van der Waals surface area contributed by atoms with Crippen LogP contribution >= 0.6 is 39.1 Å². The van der Waals surface area contributed by atoms with Gasteiger partial charge in [0.15, 0.2) is 6.61 Å². The summed E-state index contributed by atoms with van der Waals surface area (Å²) in [6, 6.07) is 11.7. The van der Waals surface area contributed by atoms with Gasteiger partial charge < -0.3 is 15.0 Å². The summed E-state index contributed by atoms with van der Waals surface area (Å²) in [7, 11) is 0. The van der Waals surface area contributed by atoms with Gasteiger partial charge in [-0.05, 0) is 49.2 Å². The van der Waals surface area contributed by atoms with Gasteiger partial charge in [-0.3, -0.25) is 9.59 Å². The molecule has 0 heterocycles. The summed E-state index contributed by atoms with van der Waals surface area (Å²) in [5.74, 6) is -0.176. The summed E-state index contributed by atoms with van der Waals surface area (Å²) >= 11 is 15.4. The summed E-state index contributed by atoms with van der Waals surface area (Å²) in [6.45, 7) is 4.26. The predicted molar refractivity (Wildman–Crippen MR) is 119 cm³/mol. The molecule has 0 aliphatic heterocycles. The molecule has 29 heavy (non-hydrogen) atoms. The molecule has 2 amide bonds. The van der Waals surface area contributed by atoms with Crippen LogP contribution in [0.4, 0.5) is 0 Å². The van der Waals surface area contributed by atoms with Gasteiger partial charge in [0.05, 0.1) is 5.02 Å². The Hall–Kier alpha value is -1.76. The molecule has 0 saturated carbocycles. The minimum absolute atomic E-state index is 0.209. The van der Waals surface area contributed by atoms with Crippen molar-refractivity contribution in [2.75, 3.05) is 13.2 Å². The van der Waals surface area contributed by atoms with Crippen LogP contribution in [0.5, 0.6) is 5.75 Å². The molecule has 1 atom stereocenters. The Morgan fingerprint density at radius 2 is 1.97 bits per heavy atom. The molecule has 2 rings (SSSR count). The second kappa shape index (κ2) is 11.4. The van der Waals surface area contributed by atoms with E-state index in [9.17, 15) is 9.59 Å². The van der Waals surface area contributed by atoms with E-state index < -0.39 is 6.04 Å². The number of ether oxygens (including phenoxy) is 1. The Morgan fingerprint density at radius 1 is 1.21 bits per heavy atom. The lowest BCUT2D eigenvalue weighted by Crippen LogP contribution is -2.49. The van der Waals surface area contributed by atoms with Gasteiger partial charge in [0, 0.05) is 22.6 Å². The van der Waals surface area contributed by atoms with Crippen LogP contribution in [0, 0.1) is 0 Å². The van der Waals surface area contributed by atoms with E-state index in [1.165, 1.54) is 4.90 Å². The highest BCUT2D eigenvalue weighted by Gasteiger charge is 2.26. The van der Waals surface area contributed by atoms with E-state index in [0.29, 0.717) is 22.3 Å². The van der Waals surface area contributed by atoms with Crippen molar-refractivity contribution in [3.05, 3.63) is 62.5 Å². The molecular formula is C21H23BrCl2N2O3. The molecule has 0 saturated heterocycles. The second-order valence-electron chi connectivity index (χ2n) is 6.48. The average molecular weight is 502 g/mol. The van der Waals surface area contributed by atoms with Gasteiger partial charge >= 0.3 is 0 Å². The maximum absolute atomic E-state index is 12.9. The third kappa shape index (κ3) is 7.21. The SMILES string of the molecule is CCCNC(=O)C(C)N(Cc1cccc(Br)c1)C(=O)COc1ccc(Cl)cc1Cl. The first-order valence-electron chi connectivity index (χ1n) is 9.21. The summed E-state index contributed by atoms with van der Waals surface area (Å²) in [4.78, 5) is 26.9. The molecule has 8 heteroatoms. The zero-order valence-corrected chi connectivity index (χ0v) is 19.4. The van der Waals surface area contributed by atoms with E-state index in [4.69, 9.17) is 27.9 Å². The Morgan fingerprint density at radius 3 is 2.62 bits per heavy atom. The first kappa shape index (κ1) is 23.5. The van der Waals surface area contributed by atoms with Crippen molar-refractivity contribution in [1.29, 1.82) is 0 Å². The number of hydrogen-bond donors (Lipinski definition) is 1. The van der Waals surface area contributed by atoms with Crippen molar-refractivity contribution < 1.29 is 14.3 Å². The molecule has 0 radical (unpaired) electrons. The van der Waals surface area contributed by atoms with Crippen LogP contribution in [-0.4, -0.2) is 35.9 Å². The third-order valence-corrected chi connectivity index (χ3v) is 5.23. The molecule has 0 fully saturated rings. The third-order valence-electron chi connectivity index (χ3n) is 4.20. The summed E-state index contributed by atoms with van der Waals surface area (Å²) < 4.78 is 6.48. The fourth-order valence-corrected chi connectivity index (χ4v) is 3.53. The molecule has 0 spiro atoms. The molecule has 156 valence electrons. The van der Waals surface area contributed by atoms with Gasteiger partial charge in [-0.25, -0.2) is 0 Å². The molecule has 2 aromatic rings. The van der Waals surface area contributed by atoms with Gasteiger partial charge in [0.1, 0.15) is 11.8 Å². The van der Waals surface area contributed by atoms with E-state index in [0.717, 1.165) is 16.5 Å². The maximum atomic E-state index is 12.9. The lowest BCUT2D eigenvalue weighted by atomic mass is 10.1. The second-order valence-corrected chi connectivity index (χ2v) is 8.24. The lowest BCUT2D eigenvalue weighted by Gasteiger charge is -2.29. The van der Waals surface area contributed by atoms with E-state index >= 15 is 0 Å². The molecule has 1 unspecified atom stereocenters. The molecule has 1 N–H and O–H groups in total. The molecule has 0 aliphatic rings. The fraction of sp³-hybridized carbons (Fsp3) is 0.333. The highest BCUT2D eigenvalue weighted by molar-refractivity contribution is 9.10.